The molecule has 11 heteroatoms. The van der Waals surface area contributed by atoms with Crippen LogP contribution in [0.1, 0.15) is 74.8 Å². The van der Waals surface area contributed by atoms with E-state index in [1.165, 1.54) is 22.9 Å². The molecule has 7 rings (SSSR count). The van der Waals surface area contributed by atoms with Gasteiger partial charge in [0.1, 0.15) is 11.6 Å². The number of ether oxygens (including phenoxy) is 1. The topological polar surface area (TPSA) is 98.9 Å². The summed E-state index contributed by atoms with van der Waals surface area (Å²) in [5.74, 6) is 3.92. The van der Waals surface area contributed by atoms with Crippen molar-refractivity contribution in [2.75, 3.05) is 24.3 Å². The monoisotopic (exact) mass is 644 g/mol. The van der Waals surface area contributed by atoms with Crippen molar-refractivity contribution >= 4 is 39.0 Å². The second-order valence-corrected chi connectivity index (χ2v) is 14.5. The number of fused-ring (bicyclic) bond motifs is 2. The molecule has 5 aromatic rings. The van der Waals surface area contributed by atoms with Crippen LogP contribution in [0, 0.1) is 24.6 Å². The van der Waals surface area contributed by atoms with Gasteiger partial charge in [0.15, 0.2) is 0 Å². The molecule has 7 heterocycles. The van der Waals surface area contributed by atoms with Gasteiger partial charge in [-0.15, -0.1) is 33.3 Å². The summed E-state index contributed by atoms with van der Waals surface area (Å²) in [7, 11) is 0. The first kappa shape index (κ1) is 30.3. The van der Waals surface area contributed by atoms with Crippen LogP contribution < -0.4 is 5.32 Å². The van der Waals surface area contributed by atoms with E-state index in [9.17, 15) is 4.39 Å². The maximum atomic E-state index is 13.9. The second kappa shape index (κ2) is 12.8. The Labute approximate surface area is 270 Å². The number of pyridine rings is 3. The number of halogens is 1. The van der Waals surface area contributed by atoms with E-state index in [1.807, 2.05) is 37.9 Å². The first-order valence-electron chi connectivity index (χ1n) is 15.7. The van der Waals surface area contributed by atoms with E-state index in [2.05, 4.69) is 40.4 Å². The summed E-state index contributed by atoms with van der Waals surface area (Å²) in [6.45, 7) is 10.1. The lowest BCUT2D eigenvalue weighted by molar-refractivity contribution is 0.0639. The number of anilines is 1. The Morgan fingerprint density at radius 3 is 2.69 bits per heavy atom. The van der Waals surface area contributed by atoms with Crippen LogP contribution in [-0.2, 0) is 11.2 Å². The third kappa shape index (κ3) is 6.09. The minimum absolute atomic E-state index is 0.182. The zero-order valence-electron chi connectivity index (χ0n) is 26.0. The van der Waals surface area contributed by atoms with Gasteiger partial charge in [0.2, 0.25) is 11.8 Å². The third-order valence-electron chi connectivity index (χ3n) is 8.95. The Morgan fingerprint density at radius 1 is 1.09 bits per heavy atom. The molecule has 0 aliphatic carbocycles. The predicted octanol–water partition coefficient (Wildman–Crippen LogP) is 8.63. The minimum Gasteiger partial charge on any atom is -0.421 e. The van der Waals surface area contributed by atoms with Crippen LogP contribution in [0.4, 0.5) is 10.2 Å². The molecule has 1 saturated heterocycles. The van der Waals surface area contributed by atoms with Crippen LogP contribution >= 0.6 is 23.1 Å². The Balaban J connectivity index is 1.36. The van der Waals surface area contributed by atoms with Crippen molar-refractivity contribution in [1.82, 2.24) is 25.1 Å². The summed E-state index contributed by atoms with van der Waals surface area (Å²) in [6, 6.07) is 5.62. The largest absolute Gasteiger partial charge is 0.421 e. The number of rotatable bonds is 9. The fourth-order valence-electron chi connectivity index (χ4n) is 6.36. The number of aryl methyl sites for hydroxylation is 2. The number of nitrogens with one attached hydrogen (secondary N) is 1. The normalized spacial score (nSPS) is 17.7. The Morgan fingerprint density at radius 2 is 1.93 bits per heavy atom. The molecule has 0 radical (unpaired) electrons. The lowest BCUT2D eigenvalue weighted by Gasteiger charge is -2.23. The molecule has 45 heavy (non-hydrogen) atoms. The first-order valence-corrected chi connectivity index (χ1v) is 17.5. The number of hydrogen-bond acceptors (Lipinski definition) is 10. The molecule has 2 atom stereocenters. The second-order valence-electron chi connectivity index (χ2n) is 12.4. The predicted molar refractivity (Wildman–Crippen MR) is 177 cm³/mol. The highest BCUT2D eigenvalue weighted by molar-refractivity contribution is 7.99. The number of aromatic nitrogens is 5. The van der Waals surface area contributed by atoms with Crippen LogP contribution in [0.25, 0.3) is 32.0 Å². The number of hydrogen-bond donors (Lipinski definition) is 1. The Bertz CT molecular complexity index is 1830. The maximum Gasteiger partial charge on any atom is 0.250 e. The van der Waals surface area contributed by atoms with Gasteiger partial charge >= 0.3 is 0 Å². The van der Waals surface area contributed by atoms with E-state index in [0.717, 1.165) is 87.8 Å². The molecular formula is C34H37FN6O2S2. The first-order chi connectivity index (χ1) is 21.9. The van der Waals surface area contributed by atoms with Crippen molar-refractivity contribution in [2.45, 2.75) is 70.2 Å². The number of thiophene rings is 1. The molecular weight excluding hydrogens is 608 g/mol. The summed E-state index contributed by atoms with van der Waals surface area (Å²) < 4.78 is 26.8. The fourth-order valence-corrected chi connectivity index (χ4v) is 9.18. The molecule has 0 saturated carbocycles. The van der Waals surface area contributed by atoms with Crippen LogP contribution in [-0.4, -0.2) is 44.1 Å². The van der Waals surface area contributed by atoms with Crippen molar-refractivity contribution in [3.8, 4) is 21.9 Å². The number of thioether (sulfide) groups is 1. The number of nitrogens with zero attached hydrogens (tertiary/aromatic N) is 5. The van der Waals surface area contributed by atoms with Gasteiger partial charge < -0.3 is 14.5 Å². The van der Waals surface area contributed by atoms with Gasteiger partial charge in [0, 0.05) is 59.5 Å². The molecule has 0 amide bonds. The van der Waals surface area contributed by atoms with Crippen LogP contribution in [0.5, 0.6) is 0 Å². The summed E-state index contributed by atoms with van der Waals surface area (Å²) in [4.78, 5) is 16.5. The van der Waals surface area contributed by atoms with Crippen molar-refractivity contribution < 1.29 is 13.5 Å². The van der Waals surface area contributed by atoms with Crippen molar-refractivity contribution in [2.24, 2.45) is 11.8 Å². The molecule has 0 aromatic carbocycles. The summed E-state index contributed by atoms with van der Waals surface area (Å²) >= 11 is 3.58. The molecule has 1 fully saturated rings. The highest BCUT2D eigenvalue weighted by atomic mass is 32.2. The van der Waals surface area contributed by atoms with E-state index < -0.39 is 0 Å². The lowest BCUT2D eigenvalue weighted by atomic mass is 9.89. The highest BCUT2D eigenvalue weighted by Crippen LogP contribution is 2.53. The molecule has 2 unspecified atom stereocenters. The third-order valence-corrected chi connectivity index (χ3v) is 11.3. The molecule has 2 aliphatic rings. The molecule has 1 N–H and O–H groups in total. The van der Waals surface area contributed by atoms with Gasteiger partial charge in [-0.3, -0.25) is 9.97 Å². The maximum absolute atomic E-state index is 13.9. The fraction of sp³-hybridized carbons (Fsp3) is 0.441. The van der Waals surface area contributed by atoms with E-state index in [0.29, 0.717) is 29.5 Å². The van der Waals surface area contributed by atoms with Crippen LogP contribution in [0.3, 0.4) is 0 Å². The van der Waals surface area contributed by atoms with Gasteiger partial charge in [-0.1, -0.05) is 13.8 Å². The molecule has 2 aliphatic heterocycles. The van der Waals surface area contributed by atoms with Gasteiger partial charge in [-0.25, -0.2) is 9.37 Å². The molecule has 0 spiro atoms. The van der Waals surface area contributed by atoms with Gasteiger partial charge in [-0.05, 0) is 73.6 Å². The molecule has 234 valence electrons. The average Bonchev–Trinajstić information content (AvgIpc) is 3.78. The zero-order valence-corrected chi connectivity index (χ0v) is 27.6. The van der Waals surface area contributed by atoms with Crippen molar-refractivity contribution in [3.63, 3.8) is 0 Å². The average molecular weight is 645 g/mol. The quantitative estimate of drug-likeness (QED) is 0.169. The Kier molecular flexibility index (Phi) is 8.58. The standard InChI is InChI=1S/C34H37FN6O2S2/c1-18(2)25-17-44-32-29(27-14-22-7-10-37-33(31(22)45-27)38-19(3)23-13-24(35)16-36-15-23)28(34-41-40-20(4)43-34)26(39-30(25)32)6-5-21-8-11-42-12-9-21/h7,10,13-16,18-19,21,25H,5-6,8-9,11-12,17H2,1-4H3,(H,37,38). The lowest BCUT2D eigenvalue weighted by Crippen LogP contribution is -2.17. The van der Waals surface area contributed by atoms with E-state index in [4.69, 9.17) is 19.1 Å². The van der Waals surface area contributed by atoms with Gasteiger partial charge in [0.25, 0.3) is 0 Å². The van der Waals surface area contributed by atoms with E-state index in [1.54, 1.807) is 17.5 Å². The summed E-state index contributed by atoms with van der Waals surface area (Å²) in [5.41, 5.74) is 5.07. The van der Waals surface area contributed by atoms with E-state index in [-0.39, 0.29) is 11.9 Å². The van der Waals surface area contributed by atoms with E-state index >= 15 is 0 Å². The van der Waals surface area contributed by atoms with Gasteiger partial charge in [-0.2, -0.15) is 0 Å². The summed E-state index contributed by atoms with van der Waals surface area (Å²) in [5, 5.41) is 13.4. The van der Waals surface area contributed by atoms with Crippen LogP contribution in [0.2, 0.25) is 0 Å². The van der Waals surface area contributed by atoms with Gasteiger partial charge in [0.05, 0.1) is 33.9 Å². The smallest absolute Gasteiger partial charge is 0.250 e. The SMILES string of the molecule is Cc1nnc(-c2c(CCC3CCOCC3)nc3c(c2-c2cc4ccnc(NC(C)c5cncc(F)c5)c4s2)SCC3C(C)C)o1. The van der Waals surface area contributed by atoms with Crippen LogP contribution in [0.15, 0.2) is 46.1 Å². The molecule has 5 aromatic heterocycles. The Hall–Kier alpha value is -3.41. The van der Waals surface area contributed by atoms with Crippen molar-refractivity contribution in [3.05, 3.63) is 65.4 Å². The minimum atomic E-state index is -0.356. The molecule has 8 nitrogen and oxygen atoms in total. The molecule has 0 bridgehead atoms. The van der Waals surface area contributed by atoms with Crippen molar-refractivity contribution in [1.29, 1.82) is 0 Å². The summed E-state index contributed by atoms with van der Waals surface area (Å²) in [6.07, 6.45) is 8.78. The highest BCUT2D eigenvalue weighted by Gasteiger charge is 2.35. The zero-order chi connectivity index (χ0) is 31.1.